The molecule has 0 radical (unpaired) electrons. The zero-order chi connectivity index (χ0) is 12.7. The number of aryl methyl sites for hydroxylation is 1. The number of likely N-dealkylation sites (N-methyl/N-ethyl adjacent to an activating group) is 1. The molecular weight excluding hydrogens is 212 g/mol. The summed E-state index contributed by atoms with van der Waals surface area (Å²) in [6.45, 7) is 10.4. The molecule has 0 unspecified atom stereocenters. The lowest BCUT2D eigenvalue weighted by Crippen LogP contribution is -2.27. The van der Waals surface area contributed by atoms with E-state index in [9.17, 15) is 0 Å². The summed E-state index contributed by atoms with van der Waals surface area (Å²) in [4.78, 5) is 2.32. The molecule has 0 aliphatic heterocycles. The Bertz CT molecular complexity index is 339. The quantitative estimate of drug-likeness (QED) is 0.738. The summed E-state index contributed by atoms with van der Waals surface area (Å²) in [6, 6.07) is 6.47. The topological polar surface area (TPSA) is 38.5 Å². The number of nitrogens with zero attached hydrogens (tertiary/aromatic N) is 1. The second-order valence-electron chi connectivity index (χ2n) is 4.09. The summed E-state index contributed by atoms with van der Waals surface area (Å²) in [5, 5.41) is 0. The van der Waals surface area contributed by atoms with E-state index in [1.54, 1.807) is 0 Å². The van der Waals surface area contributed by atoms with Gasteiger partial charge in [0.05, 0.1) is 6.61 Å². The highest BCUT2D eigenvalue weighted by Gasteiger charge is 2.05. The van der Waals surface area contributed by atoms with Crippen molar-refractivity contribution in [3.05, 3.63) is 29.3 Å². The zero-order valence-corrected chi connectivity index (χ0v) is 11.2. The van der Waals surface area contributed by atoms with E-state index in [4.69, 9.17) is 10.5 Å². The Morgan fingerprint density at radius 3 is 2.59 bits per heavy atom. The summed E-state index contributed by atoms with van der Waals surface area (Å²) in [5.74, 6) is 0. The van der Waals surface area contributed by atoms with Gasteiger partial charge in [-0.05, 0) is 44.0 Å². The fraction of sp³-hybridized carbons (Fsp3) is 0.571. The Morgan fingerprint density at radius 1 is 1.29 bits per heavy atom. The lowest BCUT2D eigenvalue weighted by Gasteiger charge is -2.24. The fourth-order valence-electron chi connectivity index (χ4n) is 1.89. The van der Waals surface area contributed by atoms with Crippen LogP contribution in [-0.4, -0.2) is 26.3 Å². The number of hydrogen-bond acceptors (Lipinski definition) is 3. The molecule has 0 atom stereocenters. The van der Waals surface area contributed by atoms with E-state index in [-0.39, 0.29) is 0 Å². The van der Waals surface area contributed by atoms with Crippen LogP contribution in [0.3, 0.4) is 0 Å². The van der Waals surface area contributed by atoms with Gasteiger partial charge in [-0.25, -0.2) is 0 Å². The van der Waals surface area contributed by atoms with Crippen LogP contribution in [0, 0.1) is 6.92 Å². The number of nitrogens with two attached hydrogens (primary N) is 1. The van der Waals surface area contributed by atoms with E-state index in [0.717, 1.165) is 26.3 Å². The van der Waals surface area contributed by atoms with Gasteiger partial charge in [0.1, 0.15) is 0 Å². The molecule has 0 saturated carbocycles. The number of ether oxygens (including phenoxy) is 1. The van der Waals surface area contributed by atoms with Gasteiger partial charge >= 0.3 is 0 Å². The van der Waals surface area contributed by atoms with Crippen molar-refractivity contribution in [1.29, 1.82) is 0 Å². The zero-order valence-electron chi connectivity index (χ0n) is 11.2. The van der Waals surface area contributed by atoms with Crippen molar-refractivity contribution in [2.24, 2.45) is 5.73 Å². The molecule has 17 heavy (non-hydrogen) atoms. The molecule has 0 bridgehead atoms. The summed E-state index contributed by atoms with van der Waals surface area (Å²) in [7, 11) is 0. The molecule has 1 aromatic carbocycles. The highest BCUT2D eigenvalue weighted by Crippen LogP contribution is 2.18. The highest BCUT2D eigenvalue weighted by molar-refractivity contribution is 5.50. The Kier molecular flexibility index (Phi) is 6.01. The average Bonchev–Trinajstić information content (AvgIpc) is 2.35. The molecule has 1 rings (SSSR count). The van der Waals surface area contributed by atoms with Crippen LogP contribution >= 0.6 is 0 Å². The Balaban J connectivity index is 2.71. The van der Waals surface area contributed by atoms with Crippen LogP contribution in [0.15, 0.2) is 18.2 Å². The largest absolute Gasteiger partial charge is 0.380 e. The van der Waals surface area contributed by atoms with Crippen LogP contribution in [0.2, 0.25) is 0 Å². The molecule has 96 valence electrons. The molecule has 0 saturated heterocycles. The molecule has 1 aromatic rings. The van der Waals surface area contributed by atoms with Gasteiger partial charge < -0.3 is 15.4 Å². The van der Waals surface area contributed by atoms with Gasteiger partial charge in [0, 0.05) is 31.9 Å². The Hall–Kier alpha value is -1.06. The summed E-state index contributed by atoms with van der Waals surface area (Å²) in [6.07, 6.45) is 0. The summed E-state index contributed by atoms with van der Waals surface area (Å²) < 4.78 is 5.40. The van der Waals surface area contributed by atoms with Crippen LogP contribution in [0.25, 0.3) is 0 Å². The monoisotopic (exact) mass is 236 g/mol. The molecule has 0 aliphatic rings. The van der Waals surface area contributed by atoms with Crippen LogP contribution in [0.1, 0.15) is 25.0 Å². The van der Waals surface area contributed by atoms with Crippen molar-refractivity contribution in [3.8, 4) is 0 Å². The number of benzene rings is 1. The first-order valence-electron chi connectivity index (χ1n) is 6.35. The molecule has 0 aromatic heterocycles. The van der Waals surface area contributed by atoms with Crippen LogP contribution < -0.4 is 10.6 Å². The second kappa shape index (κ2) is 7.30. The van der Waals surface area contributed by atoms with Crippen molar-refractivity contribution >= 4 is 5.69 Å². The number of anilines is 1. The minimum atomic E-state index is 0.608. The Labute approximate surface area is 105 Å². The summed E-state index contributed by atoms with van der Waals surface area (Å²) >= 11 is 0. The standard InChI is InChI=1S/C14H24N2O/c1-4-16(8-9-17-5-2)14-7-6-13(11-15)12(3)10-14/h6-7,10H,4-5,8-9,11,15H2,1-3H3. The predicted octanol–water partition coefficient (Wildman–Crippen LogP) is 2.32. The molecule has 0 spiro atoms. The van der Waals surface area contributed by atoms with Crippen molar-refractivity contribution in [2.45, 2.75) is 27.3 Å². The molecule has 3 nitrogen and oxygen atoms in total. The number of hydrogen-bond donors (Lipinski definition) is 1. The molecule has 3 heteroatoms. The third kappa shape index (κ3) is 4.02. The van der Waals surface area contributed by atoms with E-state index in [1.165, 1.54) is 16.8 Å². The fourth-order valence-corrected chi connectivity index (χ4v) is 1.89. The first-order valence-corrected chi connectivity index (χ1v) is 6.35. The van der Waals surface area contributed by atoms with Gasteiger partial charge in [0.25, 0.3) is 0 Å². The van der Waals surface area contributed by atoms with E-state index >= 15 is 0 Å². The van der Waals surface area contributed by atoms with Gasteiger partial charge in [-0.3, -0.25) is 0 Å². The maximum Gasteiger partial charge on any atom is 0.0641 e. The Morgan fingerprint density at radius 2 is 2.06 bits per heavy atom. The van der Waals surface area contributed by atoms with Gasteiger partial charge in [-0.15, -0.1) is 0 Å². The van der Waals surface area contributed by atoms with Crippen molar-refractivity contribution in [2.75, 3.05) is 31.2 Å². The first kappa shape index (κ1) is 14.0. The lowest BCUT2D eigenvalue weighted by molar-refractivity contribution is 0.154. The predicted molar refractivity (Wildman–Crippen MR) is 73.5 cm³/mol. The normalized spacial score (nSPS) is 10.6. The van der Waals surface area contributed by atoms with Crippen LogP contribution in [0.5, 0.6) is 0 Å². The third-order valence-corrected chi connectivity index (χ3v) is 3.00. The minimum absolute atomic E-state index is 0.608. The molecule has 0 amide bonds. The lowest BCUT2D eigenvalue weighted by atomic mass is 10.1. The molecule has 0 fully saturated rings. The number of rotatable bonds is 7. The van der Waals surface area contributed by atoms with Gasteiger partial charge in [-0.1, -0.05) is 6.07 Å². The van der Waals surface area contributed by atoms with Crippen molar-refractivity contribution in [3.63, 3.8) is 0 Å². The van der Waals surface area contributed by atoms with Gasteiger partial charge in [-0.2, -0.15) is 0 Å². The minimum Gasteiger partial charge on any atom is -0.380 e. The smallest absolute Gasteiger partial charge is 0.0641 e. The van der Waals surface area contributed by atoms with Crippen molar-refractivity contribution < 1.29 is 4.74 Å². The average molecular weight is 236 g/mol. The molecule has 0 aliphatic carbocycles. The van der Waals surface area contributed by atoms with E-state index in [0.29, 0.717) is 6.54 Å². The van der Waals surface area contributed by atoms with Crippen molar-refractivity contribution in [1.82, 2.24) is 0 Å². The maximum atomic E-state index is 5.67. The molecule has 0 heterocycles. The second-order valence-corrected chi connectivity index (χ2v) is 4.09. The maximum absolute atomic E-state index is 5.67. The molecule has 2 N–H and O–H groups in total. The summed E-state index contributed by atoms with van der Waals surface area (Å²) in [5.41, 5.74) is 9.41. The van der Waals surface area contributed by atoms with Gasteiger partial charge in [0.2, 0.25) is 0 Å². The van der Waals surface area contributed by atoms with E-state index in [1.807, 2.05) is 6.92 Å². The van der Waals surface area contributed by atoms with Gasteiger partial charge in [0.15, 0.2) is 0 Å². The first-order chi connectivity index (χ1) is 8.22. The van der Waals surface area contributed by atoms with Crippen LogP contribution in [0.4, 0.5) is 5.69 Å². The SMILES string of the molecule is CCOCCN(CC)c1ccc(CN)c(C)c1. The van der Waals surface area contributed by atoms with E-state index in [2.05, 4.69) is 36.9 Å². The van der Waals surface area contributed by atoms with E-state index < -0.39 is 0 Å². The highest BCUT2D eigenvalue weighted by atomic mass is 16.5. The molecular formula is C14H24N2O. The third-order valence-electron chi connectivity index (χ3n) is 3.00. The van der Waals surface area contributed by atoms with Crippen LogP contribution in [-0.2, 0) is 11.3 Å².